The highest BCUT2D eigenvalue weighted by Crippen LogP contribution is 2.28. The van der Waals surface area contributed by atoms with E-state index in [0.717, 1.165) is 0 Å². The summed E-state index contributed by atoms with van der Waals surface area (Å²) in [5.41, 5.74) is 1.41. The molecule has 0 aliphatic heterocycles. The maximum atomic E-state index is 11.6. The van der Waals surface area contributed by atoms with E-state index in [1.54, 1.807) is 11.7 Å². The summed E-state index contributed by atoms with van der Waals surface area (Å²) in [4.78, 5) is 18.3. The summed E-state index contributed by atoms with van der Waals surface area (Å²) in [5.74, 6) is 0.529. The molecule has 0 fully saturated rings. The van der Waals surface area contributed by atoms with Gasteiger partial charge in [-0.15, -0.1) is 0 Å². The van der Waals surface area contributed by atoms with Gasteiger partial charge in [-0.1, -0.05) is 0 Å². The van der Waals surface area contributed by atoms with Gasteiger partial charge >= 0.3 is 0 Å². The van der Waals surface area contributed by atoms with Crippen molar-refractivity contribution < 1.29 is 4.74 Å². The Morgan fingerprint density at radius 3 is 2.88 bits per heavy atom. The van der Waals surface area contributed by atoms with E-state index >= 15 is 0 Å². The van der Waals surface area contributed by atoms with Gasteiger partial charge < -0.3 is 9.72 Å². The van der Waals surface area contributed by atoms with Gasteiger partial charge in [0.25, 0.3) is 5.56 Å². The lowest BCUT2D eigenvalue weighted by Crippen LogP contribution is -2.10. The number of hydrogen-bond donors (Lipinski definition) is 1. The molecule has 0 saturated carbocycles. The van der Waals surface area contributed by atoms with E-state index in [9.17, 15) is 4.79 Å². The largest absolute Gasteiger partial charge is 0.481 e. The Bertz CT molecular complexity index is 570. The van der Waals surface area contributed by atoms with Crippen molar-refractivity contribution in [3.63, 3.8) is 0 Å². The van der Waals surface area contributed by atoms with Crippen LogP contribution in [0.2, 0.25) is 0 Å². The van der Waals surface area contributed by atoms with Crippen molar-refractivity contribution in [1.82, 2.24) is 19.7 Å². The summed E-state index contributed by atoms with van der Waals surface area (Å²) in [6.45, 7) is 1.81. The van der Waals surface area contributed by atoms with Gasteiger partial charge in [0.1, 0.15) is 5.69 Å². The van der Waals surface area contributed by atoms with E-state index in [1.807, 2.05) is 6.92 Å². The van der Waals surface area contributed by atoms with E-state index in [2.05, 4.69) is 15.1 Å². The third-order valence-electron chi connectivity index (χ3n) is 2.31. The van der Waals surface area contributed by atoms with Crippen LogP contribution < -0.4 is 10.3 Å². The standard InChI is InChI=1S/C10H12N4O2/c1-6-7(10(16-3)14(2)13-6)8-9(15)12-5-4-11-8/h4-5H,1-3H3,(H,12,15). The van der Waals surface area contributed by atoms with Crippen LogP contribution in [0.5, 0.6) is 5.88 Å². The smallest absolute Gasteiger partial charge is 0.274 e. The van der Waals surface area contributed by atoms with Crippen LogP contribution in [0.3, 0.4) is 0 Å². The number of aromatic amines is 1. The maximum Gasteiger partial charge on any atom is 0.274 e. The van der Waals surface area contributed by atoms with Gasteiger partial charge in [-0.25, -0.2) is 9.67 Å². The summed E-state index contributed by atoms with van der Waals surface area (Å²) in [6, 6.07) is 0. The van der Waals surface area contributed by atoms with Gasteiger partial charge in [-0.3, -0.25) is 4.79 Å². The van der Waals surface area contributed by atoms with Crippen LogP contribution >= 0.6 is 0 Å². The van der Waals surface area contributed by atoms with E-state index in [0.29, 0.717) is 22.8 Å². The molecule has 0 radical (unpaired) electrons. The summed E-state index contributed by atoms with van der Waals surface area (Å²) in [5, 5.41) is 4.20. The molecule has 2 aromatic heterocycles. The van der Waals surface area contributed by atoms with Crippen LogP contribution in [-0.4, -0.2) is 26.9 Å². The molecule has 0 unspecified atom stereocenters. The predicted octanol–water partition coefficient (Wildman–Crippen LogP) is 0.487. The minimum absolute atomic E-state index is 0.253. The number of methoxy groups -OCH3 is 1. The first-order valence-electron chi connectivity index (χ1n) is 4.76. The number of rotatable bonds is 2. The van der Waals surface area contributed by atoms with E-state index in [1.165, 1.54) is 19.5 Å². The number of nitrogens with zero attached hydrogens (tertiary/aromatic N) is 3. The zero-order valence-electron chi connectivity index (χ0n) is 9.31. The van der Waals surface area contributed by atoms with Gasteiger partial charge in [-0.2, -0.15) is 5.10 Å². The predicted molar refractivity (Wildman–Crippen MR) is 58.3 cm³/mol. The maximum absolute atomic E-state index is 11.6. The van der Waals surface area contributed by atoms with E-state index in [-0.39, 0.29) is 5.56 Å². The van der Waals surface area contributed by atoms with Gasteiger partial charge in [0.05, 0.1) is 18.4 Å². The Morgan fingerprint density at radius 2 is 2.25 bits per heavy atom. The third-order valence-corrected chi connectivity index (χ3v) is 2.31. The zero-order valence-corrected chi connectivity index (χ0v) is 9.31. The normalized spacial score (nSPS) is 10.4. The van der Waals surface area contributed by atoms with Crippen molar-refractivity contribution >= 4 is 0 Å². The summed E-state index contributed by atoms with van der Waals surface area (Å²) >= 11 is 0. The molecule has 6 nitrogen and oxygen atoms in total. The number of aryl methyl sites for hydroxylation is 2. The Hall–Kier alpha value is -2.11. The number of aromatic nitrogens is 4. The Balaban J connectivity index is 2.74. The van der Waals surface area contributed by atoms with E-state index in [4.69, 9.17) is 4.74 Å². The average Bonchev–Trinajstić information content (AvgIpc) is 2.54. The fourth-order valence-electron chi connectivity index (χ4n) is 1.67. The van der Waals surface area contributed by atoms with E-state index < -0.39 is 0 Å². The minimum atomic E-state index is -0.253. The van der Waals surface area contributed by atoms with Crippen molar-refractivity contribution in [3.05, 3.63) is 28.4 Å². The topological polar surface area (TPSA) is 72.8 Å². The number of hydrogen-bond acceptors (Lipinski definition) is 4. The molecule has 0 aromatic carbocycles. The molecule has 16 heavy (non-hydrogen) atoms. The van der Waals surface area contributed by atoms with Crippen molar-refractivity contribution in [3.8, 4) is 17.1 Å². The molecule has 6 heteroatoms. The highest BCUT2D eigenvalue weighted by molar-refractivity contribution is 5.67. The highest BCUT2D eigenvalue weighted by Gasteiger charge is 2.19. The summed E-state index contributed by atoms with van der Waals surface area (Å²) in [7, 11) is 3.30. The molecule has 0 atom stereocenters. The molecule has 1 N–H and O–H groups in total. The number of ether oxygens (including phenoxy) is 1. The monoisotopic (exact) mass is 220 g/mol. The van der Waals surface area contributed by atoms with Crippen LogP contribution in [-0.2, 0) is 7.05 Å². The fraction of sp³-hybridized carbons (Fsp3) is 0.300. The molecule has 0 aliphatic carbocycles. The van der Waals surface area contributed by atoms with Crippen LogP contribution in [0, 0.1) is 6.92 Å². The van der Waals surface area contributed by atoms with Crippen molar-refractivity contribution in [2.75, 3.05) is 7.11 Å². The first kappa shape index (κ1) is 10.4. The SMILES string of the molecule is COc1c(-c2ncc[nH]c2=O)c(C)nn1C. The first-order chi connectivity index (χ1) is 7.65. The lowest BCUT2D eigenvalue weighted by molar-refractivity contribution is 0.374. The number of nitrogens with one attached hydrogen (secondary N) is 1. The zero-order chi connectivity index (χ0) is 11.7. The second-order valence-corrected chi connectivity index (χ2v) is 3.36. The lowest BCUT2D eigenvalue weighted by Gasteiger charge is -2.02. The highest BCUT2D eigenvalue weighted by atomic mass is 16.5. The Labute approximate surface area is 91.9 Å². The van der Waals surface area contributed by atoms with Crippen LogP contribution in [0.4, 0.5) is 0 Å². The van der Waals surface area contributed by atoms with Gasteiger partial charge in [0, 0.05) is 19.4 Å². The molecular weight excluding hydrogens is 208 g/mol. The van der Waals surface area contributed by atoms with Crippen LogP contribution in [0.25, 0.3) is 11.3 Å². The molecule has 0 amide bonds. The average molecular weight is 220 g/mol. The first-order valence-corrected chi connectivity index (χ1v) is 4.76. The van der Waals surface area contributed by atoms with Crippen LogP contribution in [0.15, 0.2) is 17.2 Å². The molecule has 0 saturated heterocycles. The summed E-state index contributed by atoms with van der Waals surface area (Å²) < 4.78 is 6.80. The van der Waals surface area contributed by atoms with Crippen molar-refractivity contribution in [2.45, 2.75) is 6.92 Å². The third kappa shape index (κ3) is 1.48. The minimum Gasteiger partial charge on any atom is -0.481 e. The van der Waals surface area contributed by atoms with Crippen molar-refractivity contribution in [2.24, 2.45) is 7.05 Å². The Kier molecular flexibility index (Phi) is 2.47. The molecule has 2 aromatic rings. The van der Waals surface area contributed by atoms with Gasteiger partial charge in [0.15, 0.2) is 0 Å². The van der Waals surface area contributed by atoms with Crippen LogP contribution in [0.1, 0.15) is 5.69 Å². The molecule has 2 heterocycles. The molecule has 0 bridgehead atoms. The quantitative estimate of drug-likeness (QED) is 0.799. The molecule has 0 spiro atoms. The molecule has 84 valence electrons. The Morgan fingerprint density at radius 1 is 1.50 bits per heavy atom. The number of H-pyrrole nitrogens is 1. The molecular formula is C10H12N4O2. The summed E-state index contributed by atoms with van der Waals surface area (Å²) in [6.07, 6.45) is 3.02. The van der Waals surface area contributed by atoms with Crippen molar-refractivity contribution in [1.29, 1.82) is 0 Å². The molecule has 0 aliphatic rings. The fourth-order valence-corrected chi connectivity index (χ4v) is 1.67. The second kappa shape index (κ2) is 3.80. The van der Waals surface area contributed by atoms with Gasteiger partial charge in [0.2, 0.25) is 5.88 Å². The molecule has 2 rings (SSSR count). The lowest BCUT2D eigenvalue weighted by atomic mass is 10.2. The second-order valence-electron chi connectivity index (χ2n) is 3.36. The van der Waals surface area contributed by atoms with Gasteiger partial charge in [-0.05, 0) is 6.92 Å².